The maximum atomic E-state index is 11.9. The van der Waals surface area contributed by atoms with Gasteiger partial charge in [0.1, 0.15) is 5.76 Å². The summed E-state index contributed by atoms with van der Waals surface area (Å²) in [5.41, 5.74) is 1.14. The molecule has 1 N–H and O–H groups in total. The van der Waals surface area contributed by atoms with Crippen molar-refractivity contribution in [2.45, 2.75) is 26.4 Å². The summed E-state index contributed by atoms with van der Waals surface area (Å²) in [7, 11) is 0. The Morgan fingerprint density at radius 2 is 1.91 bits per heavy atom. The molecule has 0 spiro atoms. The Hall–Kier alpha value is -2.56. The average Bonchev–Trinajstić information content (AvgIpc) is 2.95. The van der Waals surface area contributed by atoms with Crippen LogP contribution in [0, 0.1) is 6.92 Å². The van der Waals surface area contributed by atoms with Gasteiger partial charge in [0.05, 0.1) is 0 Å². The molecule has 0 saturated carbocycles. The van der Waals surface area contributed by atoms with E-state index in [9.17, 15) is 9.59 Å². The molecular formula is C17H19NO4. The summed E-state index contributed by atoms with van der Waals surface area (Å²) in [5, 5.41) is 2.75. The fourth-order valence-electron chi connectivity index (χ4n) is 1.93. The molecule has 2 aromatic rings. The van der Waals surface area contributed by atoms with Crippen LogP contribution in [-0.4, -0.2) is 24.5 Å². The molecule has 1 amide bonds. The number of hydrogen-bond acceptors (Lipinski definition) is 4. The van der Waals surface area contributed by atoms with Crippen molar-refractivity contribution in [1.82, 2.24) is 5.32 Å². The van der Waals surface area contributed by atoms with E-state index in [4.69, 9.17) is 9.15 Å². The summed E-state index contributed by atoms with van der Waals surface area (Å²) in [6.45, 7) is 3.76. The van der Waals surface area contributed by atoms with E-state index in [1.165, 1.54) is 13.0 Å². The van der Waals surface area contributed by atoms with E-state index < -0.39 is 12.1 Å². The fraction of sp³-hybridized carbons (Fsp3) is 0.294. The van der Waals surface area contributed by atoms with Crippen molar-refractivity contribution in [2.24, 2.45) is 0 Å². The molecule has 0 fully saturated rings. The van der Waals surface area contributed by atoms with Crippen LogP contribution < -0.4 is 5.32 Å². The molecular weight excluding hydrogens is 282 g/mol. The van der Waals surface area contributed by atoms with Gasteiger partial charge in [-0.25, -0.2) is 4.79 Å². The molecule has 1 aromatic heterocycles. The van der Waals surface area contributed by atoms with Gasteiger partial charge in [-0.15, -0.1) is 0 Å². The highest BCUT2D eigenvalue weighted by molar-refractivity contribution is 5.90. The van der Waals surface area contributed by atoms with Gasteiger partial charge in [0.2, 0.25) is 5.76 Å². The van der Waals surface area contributed by atoms with Crippen molar-refractivity contribution >= 4 is 11.9 Å². The molecule has 5 heteroatoms. The lowest BCUT2D eigenvalue weighted by Crippen LogP contribution is -2.36. The Balaban J connectivity index is 1.76. The quantitative estimate of drug-likeness (QED) is 0.832. The van der Waals surface area contributed by atoms with Crippen LogP contribution in [0.25, 0.3) is 0 Å². The topological polar surface area (TPSA) is 68.5 Å². The monoisotopic (exact) mass is 301 g/mol. The summed E-state index contributed by atoms with van der Waals surface area (Å²) in [4.78, 5) is 23.7. The van der Waals surface area contributed by atoms with Gasteiger partial charge in [0.25, 0.3) is 5.91 Å². The lowest BCUT2D eigenvalue weighted by Gasteiger charge is -2.12. The minimum atomic E-state index is -0.867. The second-order valence-corrected chi connectivity index (χ2v) is 4.98. The van der Waals surface area contributed by atoms with Gasteiger partial charge in [-0.1, -0.05) is 30.3 Å². The van der Waals surface area contributed by atoms with Crippen LogP contribution in [0.2, 0.25) is 0 Å². The SMILES string of the molecule is Cc1ccc(C(=O)O[C@H](C)C(=O)NCCc2ccccc2)o1. The standard InChI is InChI=1S/C17H19NO4/c1-12-8-9-15(21-12)17(20)22-13(2)16(19)18-11-10-14-6-4-3-5-7-14/h3-9,13H,10-11H2,1-2H3,(H,18,19)/t13-/m1/s1. The number of benzene rings is 1. The largest absolute Gasteiger partial charge is 0.454 e. The molecule has 116 valence electrons. The highest BCUT2D eigenvalue weighted by atomic mass is 16.6. The van der Waals surface area contributed by atoms with Gasteiger partial charge in [-0.2, -0.15) is 0 Å². The molecule has 1 atom stereocenters. The van der Waals surface area contributed by atoms with Gasteiger partial charge in [0, 0.05) is 6.54 Å². The first kappa shape index (κ1) is 15.8. The summed E-state index contributed by atoms with van der Waals surface area (Å²) in [6, 6.07) is 13.0. The number of ether oxygens (including phenoxy) is 1. The van der Waals surface area contributed by atoms with E-state index in [1.54, 1.807) is 13.0 Å². The Labute approximate surface area is 129 Å². The maximum absolute atomic E-state index is 11.9. The summed E-state index contributed by atoms with van der Waals surface area (Å²) in [5.74, 6) is -0.250. The van der Waals surface area contributed by atoms with Gasteiger partial charge >= 0.3 is 5.97 Å². The zero-order chi connectivity index (χ0) is 15.9. The molecule has 5 nitrogen and oxygen atoms in total. The number of nitrogens with one attached hydrogen (secondary N) is 1. The van der Waals surface area contributed by atoms with Crippen molar-refractivity contribution in [2.75, 3.05) is 6.54 Å². The minimum Gasteiger partial charge on any atom is -0.454 e. The molecule has 0 unspecified atom stereocenters. The number of furan rings is 1. The van der Waals surface area contributed by atoms with Gasteiger partial charge in [-0.3, -0.25) is 4.79 Å². The van der Waals surface area contributed by atoms with E-state index in [2.05, 4.69) is 5.32 Å². The lowest BCUT2D eigenvalue weighted by atomic mass is 10.1. The Bertz CT molecular complexity index is 633. The predicted molar refractivity (Wildman–Crippen MR) is 81.5 cm³/mol. The second-order valence-electron chi connectivity index (χ2n) is 4.98. The summed E-state index contributed by atoms with van der Waals surface area (Å²) < 4.78 is 10.2. The molecule has 0 radical (unpaired) electrons. The molecule has 1 aromatic carbocycles. The Morgan fingerprint density at radius 1 is 1.18 bits per heavy atom. The fourth-order valence-corrected chi connectivity index (χ4v) is 1.93. The number of hydrogen-bond donors (Lipinski definition) is 1. The van der Waals surface area contributed by atoms with Crippen molar-refractivity contribution in [1.29, 1.82) is 0 Å². The number of amides is 1. The van der Waals surface area contributed by atoms with Crippen molar-refractivity contribution < 1.29 is 18.7 Å². The first-order chi connectivity index (χ1) is 10.6. The van der Waals surface area contributed by atoms with Crippen LogP contribution in [-0.2, 0) is 16.0 Å². The van der Waals surface area contributed by atoms with E-state index >= 15 is 0 Å². The van der Waals surface area contributed by atoms with Gasteiger partial charge < -0.3 is 14.5 Å². The van der Waals surface area contributed by atoms with E-state index in [1.807, 2.05) is 30.3 Å². The molecule has 2 rings (SSSR count). The van der Waals surface area contributed by atoms with Gasteiger partial charge in [-0.05, 0) is 38.0 Å². The van der Waals surface area contributed by atoms with Crippen LogP contribution in [0.15, 0.2) is 46.9 Å². The summed E-state index contributed by atoms with van der Waals surface area (Å²) in [6.07, 6.45) is -0.140. The molecule has 0 aliphatic carbocycles. The normalized spacial score (nSPS) is 11.7. The number of esters is 1. The third-order valence-corrected chi connectivity index (χ3v) is 3.15. The minimum absolute atomic E-state index is 0.0986. The van der Waals surface area contributed by atoms with Crippen LogP contribution in [0.4, 0.5) is 0 Å². The van der Waals surface area contributed by atoms with Gasteiger partial charge in [0.15, 0.2) is 6.10 Å². The van der Waals surface area contributed by atoms with Crippen molar-refractivity contribution in [3.05, 3.63) is 59.5 Å². The highest BCUT2D eigenvalue weighted by Crippen LogP contribution is 2.09. The first-order valence-electron chi connectivity index (χ1n) is 7.15. The molecule has 0 bridgehead atoms. The average molecular weight is 301 g/mol. The molecule has 0 aliphatic rings. The number of carbonyl (C=O) groups is 2. The smallest absolute Gasteiger partial charge is 0.375 e. The second kappa shape index (κ2) is 7.45. The number of aryl methyl sites for hydroxylation is 1. The van der Waals surface area contributed by atoms with E-state index in [-0.39, 0.29) is 11.7 Å². The predicted octanol–water partition coefficient (Wildman–Crippen LogP) is 2.49. The maximum Gasteiger partial charge on any atom is 0.375 e. The van der Waals surface area contributed by atoms with Crippen LogP contribution in [0.1, 0.15) is 28.8 Å². The molecule has 0 aliphatic heterocycles. The van der Waals surface area contributed by atoms with Crippen LogP contribution in [0.3, 0.4) is 0 Å². The first-order valence-corrected chi connectivity index (χ1v) is 7.15. The van der Waals surface area contributed by atoms with E-state index in [0.717, 1.165) is 12.0 Å². The molecule has 22 heavy (non-hydrogen) atoms. The molecule has 1 heterocycles. The zero-order valence-electron chi connectivity index (χ0n) is 12.7. The van der Waals surface area contributed by atoms with Crippen LogP contribution >= 0.6 is 0 Å². The van der Waals surface area contributed by atoms with E-state index in [0.29, 0.717) is 12.3 Å². The molecule has 0 saturated heterocycles. The van der Waals surface area contributed by atoms with Crippen LogP contribution in [0.5, 0.6) is 0 Å². The Morgan fingerprint density at radius 3 is 2.55 bits per heavy atom. The number of rotatable bonds is 6. The summed E-state index contributed by atoms with van der Waals surface area (Å²) >= 11 is 0. The number of carbonyl (C=O) groups excluding carboxylic acids is 2. The third kappa shape index (κ3) is 4.48. The van der Waals surface area contributed by atoms with Crippen molar-refractivity contribution in [3.63, 3.8) is 0 Å². The lowest BCUT2D eigenvalue weighted by molar-refractivity contribution is -0.129. The highest BCUT2D eigenvalue weighted by Gasteiger charge is 2.20. The Kier molecular flexibility index (Phi) is 5.36. The zero-order valence-corrected chi connectivity index (χ0v) is 12.7. The van der Waals surface area contributed by atoms with Crippen molar-refractivity contribution in [3.8, 4) is 0 Å². The third-order valence-electron chi connectivity index (χ3n) is 3.15.